The summed E-state index contributed by atoms with van der Waals surface area (Å²) in [5.74, 6) is -1.83. The Morgan fingerprint density at radius 3 is 2.11 bits per heavy atom. The van der Waals surface area contributed by atoms with Crippen LogP contribution in [0.3, 0.4) is 0 Å². The van der Waals surface area contributed by atoms with Gasteiger partial charge in [0.15, 0.2) is 6.61 Å². The lowest BCUT2D eigenvalue weighted by Crippen LogP contribution is -2.23. The number of aliphatic hydroxyl groups excluding tert-OH is 1. The van der Waals surface area contributed by atoms with Crippen molar-refractivity contribution in [1.82, 2.24) is 0 Å². The van der Waals surface area contributed by atoms with Crippen LogP contribution in [0, 0.1) is 0 Å². The quantitative estimate of drug-likeness (QED) is 0.565. The van der Waals surface area contributed by atoms with Crippen molar-refractivity contribution in [2.24, 2.45) is 0 Å². The highest BCUT2D eigenvalue weighted by atomic mass is 16.5. The molecular formula is C20H22N2O6. The Labute approximate surface area is 162 Å². The maximum atomic E-state index is 12.3. The smallest absolute Gasteiger partial charge is 0.340 e. The van der Waals surface area contributed by atoms with Crippen molar-refractivity contribution in [1.29, 1.82) is 0 Å². The number of amides is 1. The zero-order chi connectivity index (χ0) is 20.4. The summed E-state index contributed by atoms with van der Waals surface area (Å²) >= 11 is 0. The number of carbonyl (C=O) groups excluding carboxylic acids is 3. The molecule has 0 saturated heterocycles. The molecule has 8 heteroatoms. The minimum Gasteiger partial charge on any atom is -0.462 e. The third kappa shape index (κ3) is 5.82. The van der Waals surface area contributed by atoms with Crippen LogP contribution in [0.1, 0.15) is 27.6 Å². The number of anilines is 2. The molecule has 0 unspecified atom stereocenters. The maximum absolute atomic E-state index is 12.3. The van der Waals surface area contributed by atoms with Gasteiger partial charge in [-0.25, -0.2) is 9.59 Å². The van der Waals surface area contributed by atoms with Crippen LogP contribution < -0.4 is 10.6 Å². The molecule has 0 saturated carbocycles. The lowest BCUT2D eigenvalue weighted by molar-refractivity contribution is -0.119. The molecule has 0 aliphatic heterocycles. The van der Waals surface area contributed by atoms with Gasteiger partial charge in [-0.2, -0.15) is 0 Å². The van der Waals surface area contributed by atoms with E-state index in [0.717, 1.165) is 0 Å². The van der Waals surface area contributed by atoms with Crippen molar-refractivity contribution >= 4 is 29.2 Å². The van der Waals surface area contributed by atoms with E-state index in [1.54, 1.807) is 49.4 Å². The van der Waals surface area contributed by atoms with Crippen LogP contribution in [0.4, 0.5) is 11.4 Å². The molecule has 148 valence electrons. The fourth-order valence-corrected chi connectivity index (χ4v) is 2.38. The molecule has 1 amide bonds. The van der Waals surface area contributed by atoms with E-state index in [2.05, 4.69) is 10.6 Å². The second kappa shape index (κ2) is 10.7. The van der Waals surface area contributed by atoms with E-state index in [1.807, 2.05) is 0 Å². The number of aliphatic hydroxyl groups is 1. The number of ether oxygens (including phenoxy) is 2. The number of hydrogen-bond acceptors (Lipinski definition) is 7. The molecule has 2 aromatic rings. The normalized spacial score (nSPS) is 10.1. The first kappa shape index (κ1) is 20.9. The fraction of sp³-hybridized carbons (Fsp3) is 0.250. The summed E-state index contributed by atoms with van der Waals surface area (Å²) in [6.07, 6.45) is 0. The summed E-state index contributed by atoms with van der Waals surface area (Å²) in [6, 6.07) is 13.0. The van der Waals surface area contributed by atoms with E-state index in [9.17, 15) is 14.4 Å². The van der Waals surface area contributed by atoms with E-state index in [0.29, 0.717) is 5.69 Å². The van der Waals surface area contributed by atoms with Gasteiger partial charge in [-0.3, -0.25) is 4.79 Å². The van der Waals surface area contributed by atoms with E-state index in [1.165, 1.54) is 6.07 Å². The van der Waals surface area contributed by atoms with Crippen molar-refractivity contribution in [3.8, 4) is 0 Å². The van der Waals surface area contributed by atoms with Crippen LogP contribution in [0.2, 0.25) is 0 Å². The van der Waals surface area contributed by atoms with E-state index in [4.69, 9.17) is 14.6 Å². The molecular weight excluding hydrogens is 364 g/mol. The Morgan fingerprint density at radius 1 is 0.893 bits per heavy atom. The third-order valence-electron chi connectivity index (χ3n) is 3.61. The maximum Gasteiger partial charge on any atom is 0.340 e. The van der Waals surface area contributed by atoms with Gasteiger partial charge in [0.2, 0.25) is 0 Å². The molecule has 8 nitrogen and oxygen atoms in total. The average Bonchev–Trinajstić information content (AvgIpc) is 2.71. The SMILES string of the molecule is CCOC(=O)c1ccccc1NC(=O)COC(=O)c1ccccc1NCCO. The van der Waals surface area contributed by atoms with E-state index < -0.39 is 24.5 Å². The van der Waals surface area contributed by atoms with Crippen molar-refractivity contribution < 1.29 is 29.0 Å². The van der Waals surface area contributed by atoms with Crippen molar-refractivity contribution in [2.45, 2.75) is 6.92 Å². The Hall–Kier alpha value is -3.39. The zero-order valence-corrected chi connectivity index (χ0v) is 15.4. The second-order valence-electron chi connectivity index (χ2n) is 5.59. The molecule has 28 heavy (non-hydrogen) atoms. The molecule has 2 rings (SSSR count). The Kier molecular flexibility index (Phi) is 7.98. The largest absolute Gasteiger partial charge is 0.462 e. The summed E-state index contributed by atoms with van der Waals surface area (Å²) in [6.45, 7) is 1.56. The van der Waals surface area contributed by atoms with Crippen LogP contribution in [0.25, 0.3) is 0 Å². The van der Waals surface area contributed by atoms with Crippen molar-refractivity contribution in [3.63, 3.8) is 0 Å². The van der Waals surface area contributed by atoms with Crippen LogP contribution in [0.5, 0.6) is 0 Å². The van der Waals surface area contributed by atoms with Gasteiger partial charge in [0.25, 0.3) is 5.91 Å². The minimum absolute atomic E-state index is 0.0916. The molecule has 2 aromatic carbocycles. The fourth-order valence-electron chi connectivity index (χ4n) is 2.38. The first-order valence-corrected chi connectivity index (χ1v) is 8.73. The van der Waals surface area contributed by atoms with Gasteiger partial charge in [-0.1, -0.05) is 24.3 Å². The summed E-state index contributed by atoms with van der Waals surface area (Å²) in [4.78, 5) is 36.4. The Bertz CT molecular complexity index is 837. The molecule has 0 aromatic heterocycles. The van der Waals surface area contributed by atoms with Gasteiger partial charge < -0.3 is 25.2 Å². The first-order valence-electron chi connectivity index (χ1n) is 8.73. The Balaban J connectivity index is 1.98. The lowest BCUT2D eigenvalue weighted by Gasteiger charge is -2.12. The molecule has 0 heterocycles. The van der Waals surface area contributed by atoms with Crippen LogP contribution >= 0.6 is 0 Å². The van der Waals surface area contributed by atoms with Crippen LogP contribution in [-0.2, 0) is 14.3 Å². The number of esters is 2. The second-order valence-corrected chi connectivity index (χ2v) is 5.59. The summed E-state index contributed by atoms with van der Waals surface area (Å²) < 4.78 is 10.0. The number of hydrogen-bond donors (Lipinski definition) is 3. The van der Waals surface area contributed by atoms with Gasteiger partial charge in [0.05, 0.1) is 30.0 Å². The highest BCUT2D eigenvalue weighted by Gasteiger charge is 2.17. The van der Waals surface area contributed by atoms with Gasteiger partial charge in [-0.15, -0.1) is 0 Å². The van der Waals surface area contributed by atoms with Gasteiger partial charge in [0, 0.05) is 12.2 Å². The summed E-state index contributed by atoms with van der Waals surface area (Å²) in [7, 11) is 0. The van der Waals surface area contributed by atoms with Gasteiger partial charge in [-0.05, 0) is 31.2 Å². The topological polar surface area (TPSA) is 114 Å². The zero-order valence-electron chi connectivity index (χ0n) is 15.4. The molecule has 3 N–H and O–H groups in total. The molecule has 0 aliphatic carbocycles. The molecule has 0 spiro atoms. The number of nitrogens with one attached hydrogen (secondary N) is 2. The summed E-state index contributed by atoms with van der Waals surface area (Å²) in [5, 5.41) is 14.3. The number of benzene rings is 2. The molecule has 0 radical (unpaired) electrons. The monoisotopic (exact) mass is 386 g/mol. The summed E-state index contributed by atoms with van der Waals surface area (Å²) in [5.41, 5.74) is 1.22. The molecule has 0 bridgehead atoms. The van der Waals surface area contributed by atoms with E-state index >= 15 is 0 Å². The molecule has 0 atom stereocenters. The van der Waals surface area contributed by atoms with Crippen LogP contribution in [0.15, 0.2) is 48.5 Å². The van der Waals surface area contributed by atoms with Crippen molar-refractivity contribution in [3.05, 3.63) is 59.7 Å². The predicted octanol–water partition coefficient (Wildman–Crippen LogP) is 2.06. The lowest BCUT2D eigenvalue weighted by atomic mass is 10.1. The standard InChI is InChI=1S/C20H22N2O6/c1-2-27-19(25)15-8-4-6-10-17(15)22-18(24)13-28-20(26)14-7-3-5-9-16(14)21-11-12-23/h3-10,21,23H,2,11-13H2,1H3,(H,22,24). The van der Waals surface area contributed by atoms with Crippen molar-refractivity contribution in [2.75, 3.05) is 37.0 Å². The van der Waals surface area contributed by atoms with Crippen LogP contribution in [-0.4, -0.2) is 49.3 Å². The number of para-hydroxylation sites is 2. The molecule has 0 fully saturated rings. The predicted molar refractivity (Wildman–Crippen MR) is 103 cm³/mol. The first-order chi connectivity index (χ1) is 13.6. The minimum atomic E-state index is -0.685. The van der Waals surface area contributed by atoms with Gasteiger partial charge in [0.1, 0.15) is 0 Å². The number of rotatable bonds is 9. The Morgan fingerprint density at radius 2 is 1.46 bits per heavy atom. The third-order valence-corrected chi connectivity index (χ3v) is 3.61. The molecule has 0 aliphatic rings. The highest BCUT2D eigenvalue weighted by molar-refractivity contribution is 6.02. The average molecular weight is 386 g/mol. The van der Waals surface area contributed by atoms with Gasteiger partial charge >= 0.3 is 11.9 Å². The number of carbonyl (C=O) groups is 3. The highest BCUT2D eigenvalue weighted by Crippen LogP contribution is 2.17. The van der Waals surface area contributed by atoms with E-state index in [-0.39, 0.29) is 36.6 Å².